The lowest BCUT2D eigenvalue weighted by Gasteiger charge is -2.30. The van der Waals surface area contributed by atoms with Crippen molar-refractivity contribution in [2.24, 2.45) is 5.73 Å². The predicted molar refractivity (Wildman–Crippen MR) is 117 cm³/mol. The van der Waals surface area contributed by atoms with Crippen LogP contribution in [0.25, 0.3) is 11.0 Å². The molecule has 1 saturated heterocycles. The van der Waals surface area contributed by atoms with Gasteiger partial charge in [0.15, 0.2) is 0 Å². The van der Waals surface area contributed by atoms with Crippen LogP contribution in [0.5, 0.6) is 5.75 Å². The van der Waals surface area contributed by atoms with Gasteiger partial charge in [-0.05, 0) is 49.2 Å². The van der Waals surface area contributed by atoms with Crippen LogP contribution in [0.2, 0.25) is 5.02 Å². The van der Waals surface area contributed by atoms with Gasteiger partial charge in [0.05, 0.1) is 11.0 Å². The Morgan fingerprint density at radius 1 is 1.14 bits per heavy atom. The van der Waals surface area contributed by atoms with E-state index in [1.165, 1.54) is 0 Å². The van der Waals surface area contributed by atoms with Crippen molar-refractivity contribution in [3.8, 4) is 5.75 Å². The molecule has 154 valence electrons. The van der Waals surface area contributed by atoms with Crippen molar-refractivity contribution in [1.82, 2.24) is 14.5 Å². The SMILES string of the molecule is Cl.NC1CCN(C(=O)Cn2c(COc3ccc(Cl)cc3)nc3ccccc32)CC1. The Balaban J connectivity index is 0.00000240. The maximum atomic E-state index is 12.9. The average molecular weight is 435 g/mol. The molecule has 0 aliphatic carbocycles. The van der Waals surface area contributed by atoms with Crippen molar-refractivity contribution in [2.75, 3.05) is 13.1 Å². The molecule has 0 radical (unpaired) electrons. The summed E-state index contributed by atoms with van der Waals surface area (Å²) in [4.78, 5) is 19.4. The van der Waals surface area contributed by atoms with Gasteiger partial charge in [-0.1, -0.05) is 23.7 Å². The number of ether oxygens (including phenoxy) is 1. The minimum atomic E-state index is 0. The van der Waals surface area contributed by atoms with Crippen LogP contribution in [0.4, 0.5) is 0 Å². The summed E-state index contributed by atoms with van der Waals surface area (Å²) in [5.41, 5.74) is 7.74. The summed E-state index contributed by atoms with van der Waals surface area (Å²) in [6.45, 7) is 1.94. The monoisotopic (exact) mass is 434 g/mol. The van der Waals surface area contributed by atoms with Crippen LogP contribution in [-0.4, -0.2) is 39.5 Å². The van der Waals surface area contributed by atoms with Gasteiger partial charge < -0.3 is 19.9 Å². The van der Waals surface area contributed by atoms with Crippen molar-refractivity contribution >= 4 is 40.9 Å². The first-order chi connectivity index (χ1) is 13.6. The minimum Gasteiger partial charge on any atom is -0.486 e. The molecule has 0 atom stereocenters. The number of para-hydroxylation sites is 2. The molecule has 1 amide bonds. The van der Waals surface area contributed by atoms with Crippen LogP contribution in [-0.2, 0) is 17.9 Å². The quantitative estimate of drug-likeness (QED) is 0.664. The number of nitrogens with zero attached hydrogens (tertiary/aromatic N) is 3. The van der Waals surface area contributed by atoms with Crippen LogP contribution in [0.1, 0.15) is 18.7 Å². The van der Waals surface area contributed by atoms with E-state index in [-0.39, 0.29) is 37.5 Å². The van der Waals surface area contributed by atoms with E-state index in [0.717, 1.165) is 29.7 Å². The van der Waals surface area contributed by atoms with E-state index in [1.807, 2.05) is 45.9 Å². The van der Waals surface area contributed by atoms with Gasteiger partial charge in [0, 0.05) is 24.2 Å². The molecule has 1 aromatic heterocycles. The molecule has 0 bridgehead atoms. The molecule has 0 saturated carbocycles. The van der Waals surface area contributed by atoms with Crippen LogP contribution in [0.15, 0.2) is 48.5 Å². The fourth-order valence-electron chi connectivity index (χ4n) is 3.47. The van der Waals surface area contributed by atoms with Gasteiger partial charge in [-0.3, -0.25) is 4.79 Å². The molecule has 1 fully saturated rings. The van der Waals surface area contributed by atoms with Crippen molar-refractivity contribution in [3.63, 3.8) is 0 Å². The van der Waals surface area contributed by atoms with E-state index in [0.29, 0.717) is 23.9 Å². The molecule has 2 heterocycles. The molecule has 0 unspecified atom stereocenters. The van der Waals surface area contributed by atoms with E-state index >= 15 is 0 Å². The van der Waals surface area contributed by atoms with Gasteiger partial charge in [-0.2, -0.15) is 0 Å². The number of hydrogen-bond acceptors (Lipinski definition) is 4. The Hall–Kier alpha value is -2.28. The number of halogens is 2. The molecule has 2 N–H and O–H groups in total. The highest BCUT2D eigenvalue weighted by atomic mass is 35.5. The van der Waals surface area contributed by atoms with Gasteiger partial charge in [-0.15, -0.1) is 12.4 Å². The number of amides is 1. The number of carbonyl (C=O) groups is 1. The Labute approximate surface area is 181 Å². The number of imidazole rings is 1. The normalized spacial score (nSPS) is 14.6. The highest BCUT2D eigenvalue weighted by molar-refractivity contribution is 6.30. The lowest BCUT2D eigenvalue weighted by Crippen LogP contribution is -2.44. The van der Waals surface area contributed by atoms with E-state index in [4.69, 9.17) is 22.1 Å². The summed E-state index contributed by atoms with van der Waals surface area (Å²) >= 11 is 5.93. The van der Waals surface area contributed by atoms with Crippen molar-refractivity contribution in [2.45, 2.75) is 32.0 Å². The first kappa shape index (κ1) is 21.4. The predicted octanol–water partition coefficient (Wildman–Crippen LogP) is 3.64. The van der Waals surface area contributed by atoms with Crippen molar-refractivity contribution in [3.05, 3.63) is 59.4 Å². The zero-order valence-electron chi connectivity index (χ0n) is 16.0. The number of piperidine rings is 1. The lowest BCUT2D eigenvalue weighted by atomic mass is 10.1. The van der Waals surface area contributed by atoms with Crippen molar-refractivity contribution in [1.29, 1.82) is 0 Å². The van der Waals surface area contributed by atoms with Crippen LogP contribution < -0.4 is 10.5 Å². The second-order valence-electron chi connectivity index (χ2n) is 7.06. The zero-order valence-corrected chi connectivity index (χ0v) is 17.5. The Bertz CT molecular complexity index is 966. The summed E-state index contributed by atoms with van der Waals surface area (Å²) in [6.07, 6.45) is 1.70. The van der Waals surface area contributed by atoms with Crippen LogP contribution >= 0.6 is 24.0 Å². The molecular formula is C21H24Cl2N4O2. The molecule has 4 rings (SSSR count). The molecule has 2 aromatic carbocycles. The third kappa shape index (κ3) is 5.01. The number of carbonyl (C=O) groups excluding carboxylic acids is 1. The van der Waals surface area contributed by atoms with Crippen LogP contribution in [0.3, 0.4) is 0 Å². The first-order valence-electron chi connectivity index (χ1n) is 9.46. The number of likely N-dealkylation sites (tertiary alicyclic amines) is 1. The largest absolute Gasteiger partial charge is 0.486 e. The Morgan fingerprint density at radius 2 is 1.83 bits per heavy atom. The number of hydrogen-bond donors (Lipinski definition) is 1. The molecule has 1 aliphatic heterocycles. The molecule has 29 heavy (non-hydrogen) atoms. The fraction of sp³-hybridized carbons (Fsp3) is 0.333. The maximum Gasteiger partial charge on any atom is 0.242 e. The van der Waals surface area contributed by atoms with E-state index in [9.17, 15) is 4.79 Å². The molecular weight excluding hydrogens is 411 g/mol. The Kier molecular flexibility index (Phi) is 7.00. The second kappa shape index (κ2) is 9.48. The maximum absolute atomic E-state index is 12.9. The average Bonchev–Trinajstić information content (AvgIpc) is 3.05. The number of aromatic nitrogens is 2. The number of nitrogens with two attached hydrogens (primary N) is 1. The standard InChI is InChI=1S/C21H23ClN4O2.ClH/c22-15-5-7-17(8-6-15)28-14-20-24-18-3-1-2-4-19(18)26(20)13-21(27)25-11-9-16(23)10-12-25;/h1-8,16H,9-14,23H2;1H. The summed E-state index contributed by atoms with van der Waals surface area (Å²) in [5, 5.41) is 0.659. The molecule has 3 aromatic rings. The van der Waals surface area contributed by atoms with E-state index in [1.54, 1.807) is 12.1 Å². The zero-order chi connectivity index (χ0) is 19.5. The molecule has 1 aliphatic rings. The lowest BCUT2D eigenvalue weighted by molar-refractivity contribution is -0.132. The summed E-state index contributed by atoms with van der Waals surface area (Å²) < 4.78 is 7.82. The highest BCUT2D eigenvalue weighted by Crippen LogP contribution is 2.20. The van der Waals surface area contributed by atoms with Crippen LogP contribution in [0, 0.1) is 0 Å². The minimum absolute atomic E-state index is 0. The van der Waals surface area contributed by atoms with Gasteiger partial charge in [0.1, 0.15) is 24.7 Å². The van der Waals surface area contributed by atoms with Gasteiger partial charge in [0.2, 0.25) is 5.91 Å². The topological polar surface area (TPSA) is 73.4 Å². The van der Waals surface area contributed by atoms with Gasteiger partial charge >= 0.3 is 0 Å². The van der Waals surface area contributed by atoms with E-state index < -0.39 is 0 Å². The number of fused-ring (bicyclic) bond motifs is 1. The summed E-state index contributed by atoms with van der Waals surface area (Å²) in [7, 11) is 0. The highest BCUT2D eigenvalue weighted by Gasteiger charge is 2.22. The third-order valence-corrected chi connectivity index (χ3v) is 5.35. The third-order valence-electron chi connectivity index (χ3n) is 5.10. The summed E-state index contributed by atoms with van der Waals surface area (Å²) in [6, 6.07) is 15.2. The molecule has 6 nitrogen and oxygen atoms in total. The number of benzene rings is 2. The molecule has 0 spiro atoms. The first-order valence-corrected chi connectivity index (χ1v) is 9.84. The van der Waals surface area contributed by atoms with Gasteiger partial charge in [0.25, 0.3) is 0 Å². The number of rotatable bonds is 5. The Morgan fingerprint density at radius 3 is 2.55 bits per heavy atom. The second-order valence-corrected chi connectivity index (χ2v) is 7.50. The molecule has 8 heteroatoms. The summed E-state index contributed by atoms with van der Waals surface area (Å²) in [5.74, 6) is 1.51. The van der Waals surface area contributed by atoms with Crippen molar-refractivity contribution < 1.29 is 9.53 Å². The fourth-order valence-corrected chi connectivity index (χ4v) is 3.60. The van der Waals surface area contributed by atoms with E-state index in [2.05, 4.69) is 4.98 Å². The van der Waals surface area contributed by atoms with Gasteiger partial charge in [-0.25, -0.2) is 4.98 Å². The smallest absolute Gasteiger partial charge is 0.242 e.